The predicted octanol–water partition coefficient (Wildman–Crippen LogP) is 0.831. The molecule has 2 N–H and O–H groups in total. The summed E-state index contributed by atoms with van der Waals surface area (Å²) < 4.78 is 1.39. The summed E-state index contributed by atoms with van der Waals surface area (Å²) in [5, 5.41) is 8.53. The smallest absolute Gasteiger partial charge is 0.278 e. The van der Waals surface area contributed by atoms with E-state index in [1.165, 1.54) is 4.68 Å². The second kappa shape index (κ2) is 5.79. The van der Waals surface area contributed by atoms with Crippen molar-refractivity contribution >= 4 is 22.7 Å². The van der Waals surface area contributed by atoms with Gasteiger partial charge in [0.25, 0.3) is 5.56 Å². The van der Waals surface area contributed by atoms with Crippen LogP contribution in [0.15, 0.2) is 29.1 Å². The fourth-order valence-electron chi connectivity index (χ4n) is 1.44. The highest BCUT2D eigenvalue weighted by Gasteiger charge is 2.04. The lowest BCUT2D eigenvalue weighted by Gasteiger charge is -2.03. The molecule has 0 bridgehead atoms. The van der Waals surface area contributed by atoms with E-state index in [0.29, 0.717) is 23.3 Å². The molecule has 2 aromatic rings. The van der Waals surface area contributed by atoms with Crippen LogP contribution < -0.4 is 11.3 Å². The number of hydrogen-bond acceptors (Lipinski definition) is 5. The van der Waals surface area contributed by atoms with Gasteiger partial charge in [-0.15, -0.1) is 16.9 Å². The molecule has 2 rings (SSSR count). The molecule has 0 atom stereocenters. The van der Waals surface area contributed by atoms with Gasteiger partial charge in [-0.1, -0.05) is 17.3 Å². The molecule has 0 aliphatic heterocycles. The van der Waals surface area contributed by atoms with E-state index in [1.54, 1.807) is 23.9 Å². The number of fused-ring (bicyclic) bond motifs is 1. The third-order valence-electron chi connectivity index (χ3n) is 2.34. The van der Waals surface area contributed by atoms with E-state index < -0.39 is 0 Å². The van der Waals surface area contributed by atoms with Crippen molar-refractivity contribution in [3.8, 4) is 0 Å². The normalized spacial score (nSPS) is 10.9. The first-order valence-corrected chi connectivity index (χ1v) is 6.59. The van der Waals surface area contributed by atoms with Crippen LogP contribution in [-0.4, -0.2) is 27.3 Å². The van der Waals surface area contributed by atoms with Crippen LogP contribution in [0.1, 0.15) is 6.42 Å². The Balaban J connectivity index is 2.18. The molecule has 17 heavy (non-hydrogen) atoms. The molecule has 0 aliphatic rings. The number of nitrogens with zero attached hydrogens (tertiary/aromatic N) is 3. The predicted molar refractivity (Wildman–Crippen MR) is 69.9 cm³/mol. The maximum Gasteiger partial charge on any atom is 0.278 e. The molecule has 0 spiro atoms. The number of thioether (sulfide) groups is 1. The van der Waals surface area contributed by atoms with Crippen LogP contribution in [-0.2, 0) is 5.88 Å². The number of benzene rings is 1. The molecule has 0 radical (unpaired) electrons. The van der Waals surface area contributed by atoms with E-state index >= 15 is 0 Å². The summed E-state index contributed by atoms with van der Waals surface area (Å²) in [7, 11) is 0. The average Bonchev–Trinajstić information content (AvgIpc) is 2.37. The van der Waals surface area contributed by atoms with E-state index in [1.807, 2.05) is 12.1 Å². The molecule has 90 valence electrons. The van der Waals surface area contributed by atoms with E-state index in [4.69, 9.17) is 5.73 Å². The van der Waals surface area contributed by atoms with Gasteiger partial charge in [0.1, 0.15) is 5.52 Å². The fraction of sp³-hybridized carbons (Fsp3) is 0.364. The van der Waals surface area contributed by atoms with Crippen molar-refractivity contribution in [2.24, 2.45) is 5.73 Å². The molecule has 5 nitrogen and oxygen atoms in total. The van der Waals surface area contributed by atoms with Crippen molar-refractivity contribution in [1.82, 2.24) is 15.0 Å². The molecule has 1 aromatic carbocycles. The van der Waals surface area contributed by atoms with Crippen molar-refractivity contribution in [3.63, 3.8) is 0 Å². The van der Waals surface area contributed by atoms with Crippen LogP contribution in [0.3, 0.4) is 0 Å². The highest BCUT2D eigenvalue weighted by molar-refractivity contribution is 7.98. The van der Waals surface area contributed by atoms with Crippen molar-refractivity contribution in [2.45, 2.75) is 12.3 Å². The maximum atomic E-state index is 12.0. The lowest BCUT2D eigenvalue weighted by molar-refractivity contribution is 0.644. The van der Waals surface area contributed by atoms with Gasteiger partial charge in [-0.2, -0.15) is 0 Å². The number of aromatic nitrogens is 3. The largest absolute Gasteiger partial charge is 0.330 e. The Bertz CT molecular complexity index is 554. The zero-order valence-corrected chi connectivity index (χ0v) is 10.2. The molecule has 0 saturated carbocycles. The van der Waals surface area contributed by atoms with Crippen molar-refractivity contribution < 1.29 is 0 Å². The summed E-state index contributed by atoms with van der Waals surface area (Å²) in [6.45, 7) is 0.672. The summed E-state index contributed by atoms with van der Waals surface area (Å²) in [6.07, 6.45) is 0.945. The minimum absolute atomic E-state index is 0.0872. The Labute approximate surface area is 103 Å². The molecule has 0 fully saturated rings. The van der Waals surface area contributed by atoms with Gasteiger partial charge < -0.3 is 5.73 Å². The van der Waals surface area contributed by atoms with Gasteiger partial charge in [0.2, 0.25) is 0 Å². The summed E-state index contributed by atoms with van der Waals surface area (Å²) in [5.41, 5.74) is 5.95. The molecular weight excluding hydrogens is 236 g/mol. The van der Waals surface area contributed by atoms with Gasteiger partial charge >= 0.3 is 0 Å². The third-order valence-corrected chi connectivity index (χ3v) is 3.34. The molecular formula is C11H14N4OS. The first-order valence-electron chi connectivity index (χ1n) is 5.43. The molecule has 0 saturated heterocycles. The molecule has 0 unspecified atom stereocenters. The first kappa shape index (κ1) is 12.1. The summed E-state index contributed by atoms with van der Waals surface area (Å²) in [4.78, 5) is 12.0. The zero-order valence-electron chi connectivity index (χ0n) is 9.37. The van der Waals surface area contributed by atoms with E-state index in [0.717, 1.165) is 12.2 Å². The zero-order chi connectivity index (χ0) is 12.1. The minimum atomic E-state index is -0.0872. The number of nitrogens with two attached hydrogens (primary N) is 1. The molecule has 0 amide bonds. The minimum Gasteiger partial charge on any atom is -0.330 e. The van der Waals surface area contributed by atoms with Gasteiger partial charge in [0.15, 0.2) is 0 Å². The lowest BCUT2D eigenvalue weighted by Crippen LogP contribution is -2.23. The van der Waals surface area contributed by atoms with Crippen molar-refractivity contribution in [2.75, 3.05) is 12.3 Å². The Morgan fingerprint density at radius 2 is 2.18 bits per heavy atom. The van der Waals surface area contributed by atoms with E-state index in [-0.39, 0.29) is 5.56 Å². The van der Waals surface area contributed by atoms with Gasteiger partial charge in [0.05, 0.1) is 11.3 Å². The average molecular weight is 250 g/mol. The van der Waals surface area contributed by atoms with Gasteiger partial charge in [-0.25, -0.2) is 4.68 Å². The van der Waals surface area contributed by atoms with Gasteiger partial charge in [-0.3, -0.25) is 4.79 Å². The summed E-state index contributed by atoms with van der Waals surface area (Å²) >= 11 is 1.63. The van der Waals surface area contributed by atoms with E-state index in [2.05, 4.69) is 10.3 Å². The van der Waals surface area contributed by atoms with E-state index in [9.17, 15) is 4.79 Å². The Morgan fingerprint density at radius 3 is 3.00 bits per heavy atom. The van der Waals surface area contributed by atoms with Gasteiger partial charge in [-0.05, 0) is 30.9 Å². The summed E-state index contributed by atoms with van der Waals surface area (Å²) in [5.74, 6) is 1.45. The SMILES string of the molecule is NCCCSCn1nnc2ccccc2c1=O. The third kappa shape index (κ3) is 2.83. The van der Waals surface area contributed by atoms with Crippen LogP contribution in [0.4, 0.5) is 0 Å². The first-order chi connectivity index (χ1) is 8.33. The Hall–Kier alpha value is -1.40. The Morgan fingerprint density at radius 1 is 1.35 bits per heavy atom. The van der Waals surface area contributed by atoms with Crippen LogP contribution in [0.2, 0.25) is 0 Å². The Kier molecular flexibility index (Phi) is 4.11. The molecule has 1 aromatic heterocycles. The quantitative estimate of drug-likeness (QED) is 0.796. The molecule has 1 heterocycles. The van der Waals surface area contributed by atoms with Crippen LogP contribution in [0, 0.1) is 0 Å². The molecule has 6 heteroatoms. The van der Waals surface area contributed by atoms with Gasteiger partial charge in [0, 0.05) is 0 Å². The number of rotatable bonds is 5. The highest BCUT2D eigenvalue weighted by atomic mass is 32.2. The fourth-order valence-corrected chi connectivity index (χ4v) is 2.29. The topological polar surface area (TPSA) is 73.8 Å². The van der Waals surface area contributed by atoms with Crippen LogP contribution >= 0.6 is 11.8 Å². The maximum absolute atomic E-state index is 12.0. The number of hydrogen-bond donors (Lipinski definition) is 1. The van der Waals surface area contributed by atoms with Crippen molar-refractivity contribution in [1.29, 1.82) is 0 Å². The molecule has 0 aliphatic carbocycles. The monoisotopic (exact) mass is 250 g/mol. The second-order valence-corrected chi connectivity index (χ2v) is 4.67. The second-order valence-electron chi connectivity index (χ2n) is 3.59. The standard InChI is InChI=1S/C11H14N4OS/c12-6-3-7-17-8-15-11(16)9-4-1-2-5-10(9)13-14-15/h1-2,4-5H,3,6-8,12H2. The highest BCUT2D eigenvalue weighted by Crippen LogP contribution is 2.06. The van der Waals surface area contributed by atoms with Crippen LogP contribution in [0.5, 0.6) is 0 Å². The summed E-state index contributed by atoms with van der Waals surface area (Å²) in [6, 6.07) is 7.23. The lowest BCUT2D eigenvalue weighted by atomic mass is 10.2. The van der Waals surface area contributed by atoms with Crippen molar-refractivity contribution in [3.05, 3.63) is 34.6 Å². The van der Waals surface area contributed by atoms with Crippen LogP contribution in [0.25, 0.3) is 10.9 Å².